The average molecular weight is 264 g/mol. The second-order valence-electron chi connectivity index (χ2n) is 5.51. The molecule has 2 rings (SSSR count). The van der Waals surface area contributed by atoms with Crippen LogP contribution in [0, 0.1) is 0 Å². The number of hydrogen-bond donors (Lipinski definition) is 2. The highest BCUT2D eigenvalue weighted by atomic mass is 32.2. The van der Waals surface area contributed by atoms with Gasteiger partial charge in [0.25, 0.3) is 0 Å². The minimum Gasteiger partial charge on any atom is -0.326 e. The molecule has 1 aromatic carbocycles. The molecule has 3 N–H and O–H groups in total. The highest BCUT2D eigenvalue weighted by Crippen LogP contribution is 2.32. The van der Waals surface area contributed by atoms with Crippen molar-refractivity contribution in [2.75, 3.05) is 11.1 Å². The van der Waals surface area contributed by atoms with Crippen LogP contribution >= 0.6 is 11.8 Å². The number of nitrogens with two attached hydrogens (primary N) is 1. The van der Waals surface area contributed by atoms with Crippen molar-refractivity contribution in [2.24, 2.45) is 5.73 Å². The lowest BCUT2D eigenvalue weighted by molar-refractivity contribution is -0.113. The summed E-state index contributed by atoms with van der Waals surface area (Å²) in [6.45, 7) is 4.10. The van der Waals surface area contributed by atoms with Crippen LogP contribution in [0.1, 0.15) is 32.3 Å². The fourth-order valence-corrected chi connectivity index (χ4v) is 2.82. The van der Waals surface area contributed by atoms with Gasteiger partial charge in [0.2, 0.25) is 5.91 Å². The van der Waals surface area contributed by atoms with Crippen molar-refractivity contribution in [1.29, 1.82) is 0 Å². The molecular weight excluding hydrogens is 244 g/mol. The highest BCUT2D eigenvalue weighted by Gasteiger charge is 2.15. The molecule has 1 aliphatic heterocycles. The molecule has 98 valence electrons. The Morgan fingerprint density at radius 3 is 2.94 bits per heavy atom. The Kier molecular flexibility index (Phi) is 3.97. The number of anilines is 1. The van der Waals surface area contributed by atoms with Crippen molar-refractivity contribution in [1.82, 2.24) is 0 Å². The van der Waals surface area contributed by atoms with E-state index in [9.17, 15) is 4.79 Å². The summed E-state index contributed by atoms with van der Waals surface area (Å²) in [7, 11) is 0. The number of carbonyl (C=O) groups is 1. The zero-order valence-corrected chi connectivity index (χ0v) is 11.8. The van der Waals surface area contributed by atoms with E-state index in [1.165, 1.54) is 5.56 Å². The molecule has 0 unspecified atom stereocenters. The molecule has 0 saturated carbocycles. The summed E-state index contributed by atoms with van der Waals surface area (Å²) in [5.41, 5.74) is 8.09. The summed E-state index contributed by atoms with van der Waals surface area (Å²) >= 11 is 1.60. The molecule has 0 fully saturated rings. The average Bonchev–Trinajstić information content (AvgIpc) is 2.26. The molecule has 3 nitrogen and oxygen atoms in total. The molecular formula is C14H20N2OS. The number of carbonyl (C=O) groups excluding carboxylic acids is 1. The number of fused-ring (bicyclic) bond motifs is 1. The fourth-order valence-electron chi connectivity index (χ4n) is 2.03. The SMILES string of the molecule is CC(C)(N)CCCc1ccc2c(c1)NC(=O)CS2. The molecule has 1 aromatic rings. The first-order chi connectivity index (χ1) is 8.44. The minimum atomic E-state index is -0.0989. The maximum Gasteiger partial charge on any atom is 0.234 e. The predicted octanol–water partition coefficient (Wildman–Crippen LogP) is 2.79. The molecule has 18 heavy (non-hydrogen) atoms. The van der Waals surface area contributed by atoms with Gasteiger partial charge in [0.15, 0.2) is 0 Å². The first-order valence-electron chi connectivity index (χ1n) is 6.28. The van der Waals surface area contributed by atoms with Gasteiger partial charge in [-0.25, -0.2) is 0 Å². The monoisotopic (exact) mass is 264 g/mol. The molecule has 1 amide bonds. The Bertz CT molecular complexity index is 452. The maximum atomic E-state index is 11.3. The maximum absolute atomic E-state index is 11.3. The van der Waals surface area contributed by atoms with Crippen molar-refractivity contribution in [3.63, 3.8) is 0 Å². The van der Waals surface area contributed by atoms with E-state index in [-0.39, 0.29) is 11.4 Å². The van der Waals surface area contributed by atoms with Crippen molar-refractivity contribution in [3.8, 4) is 0 Å². The second-order valence-corrected chi connectivity index (χ2v) is 6.53. The number of amides is 1. The Labute approximate surface area is 113 Å². The van der Waals surface area contributed by atoms with Crippen LogP contribution in [0.2, 0.25) is 0 Å². The third-order valence-electron chi connectivity index (χ3n) is 2.96. The second kappa shape index (κ2) is 5.33. The van der Waals surface area contributed by atoms with E-state index < -0.39 is 0 Å². The molecule has 4 heteroatoms. The predicted molar refractivity (Wildman–Crippen MR) is 77.0 cm³/mol. The van der Waals surface area contributed by atoms with Crippen LogP contribution in [0.5, 0.6) is 0 Å². The summed E-state index contributed by atoms with van der Waals surface area (Å²) in [4.78, 5) is 12.5. The summed E-state index contributed by atoms with van der Waals surface area (Å²) in [5, 5.41) is 2.92. The molecule has 0 atom stereocenters. The molecule has 0 saturated heterocycles. The zero-order valence-electron chi connectivity index (χ0n) is 11.0. The number of benzene rings is 1. The molecule has 0 aromatic heterocycles. The van der Waals surface area contributed by atoms with E-state index in [0.717, 1.165) is 29.8 Å². The van der Waals surface area contributed by atoms with Gasteiger partial charge in [-0.15, -0.1) is 11.8 Å². The van der Waals surface area contributed by atoms with Crippen LogP contribution < -0.4 is 11.1 Å². The fraction of sp³-hybridized carbons (Fsp3) is 0.500. The molecule has 0 aliphatic carbocycles. The third kappa shape index (κ3) is 3.75. The van der Waals surface area contributed by atoms with Crippen LogP contribution in [0.4, 0.5) is 5.69 Å². The van der Waals surface area contributed by atoms with E-state index in [1.54, 1.807) is 11.8 Å². The molecule has 1 heterocycles. The van der Waals surface area contributed by atoms with Crippen LogP contribution in [-0.2, 0) is 11.2 Å². The van der Waals surface area contributed by atoms with Crippen molar-refractivity contribution in [3.05, 3.63) is 23.8 Å². The Balaban J connectivity index is 1.98. The standard InChI is InChI=1S/C14H20N2OS/c1-14(2,15)7-3-4-10-5-6-12-11(8-10)16-13(17)9-18-12/h5-6,8H,3-4,7,9,15H2,1-2H3,(H,16,17). The number of hydrogen-bond acceptors (Lipinski definition) is 3. The molecule has 0 radical (unpaired) electrons. The number of nitrogens with one attached hydrogen (secondary N) is 1. The lowest BCUT2D eigenvalue weighted by Gasteiger charge is -2.19. The van der Waals surface area contributed by atoms with Gasteiger partial charge in [0.05, 0.1) is 11.4 Å². The van der Waals surface area contributed by atoms with Crippen LogP contribution in [-0.4, -0.2) is 17.2 Å². The topological polar surface area (TPSA) is 55.1 Å². The van der Waals surface area contributed by atoms with E-state index >= 15 is 0 Å². The van der Waals surface area contributed by atoms with Gasteiger partial charge in [-0.1, -0.05) is 6.07 Å². The quantitative estimate of drug-likeness (QED) is 0.879. The third-order valence-corrected chi connectivity index (χ3v) is 4.04. The first-order valence-corrected chi connectivity index (χ1v) is 7.27. The van der Waals surface area contributed by atoms with Crippen LogP contribution in [0.25, 0.3) is 0 Å². The minimum absolute atomic E-state index is 0.0905. The van der Waals surface area contributed by atoms with E-state index in [0.29, 0.717) is 5.75 Å². The Hall–Kier alpha value is -1.000. The lowest BCUT2D eigenvalue weighted by Crippen LogP contribution is -2.31. The van der Waals surface area contributed by atoms with Gasteiger partial charge in [-0.2, -0.15) is 0 Å². The van der Waals surface area contributed by atoms with Crippen molar-refractivity contribution in [2.45, 2.75) is 43.5 Å². The van der Waals surface area contributed by atoms with Crippen LogP contribution in [0.15, 0.2) is 23.1 Å². The van der Waals surface area contributed by atoms with E-state index in [1.807, 2.05) is 0 Å². The van der Waals surface area contributed by atoms with Crippen LogP contribution in [0.3, 0.4) is 0 Å². The summed E-state index contributed by atoms with van der Waals surface area (Å²) in [6.07, 6.45) is 3.09. The molecule has 0 bridgehead atoms. The molecule has 1 aliphatic rings. The normalized spacial score (nSPS) is 15.2. The number of rotatable bonds is 4. The smallest absolute Gasteiger partial charge is 0.234 e. The Morgan fingerprint density at radius 1 is 1.44 bits per heavy atom. The summed E-state index contributed by atoms with van der Waals surface area (Å²) in [5.74, 6) is 0.612. The van der Waals surface area contributed by atoms with Crippen molar-refractivity contribution >= 4 is 23.4 Å². The lowest BCUT2D eigenvalue weighted by atomic mass is 9.97. The van der Waals surface area contributed by atoms with E-state index in [4.69, 9.17) is 5.73 Å². The van der Waals surface area contributed by atoms with Gasteiger partial charge in [0, 0.05) is 10.4 Å². The largest absolute Gasteiger partial charge is 0.326 e. The van der Waals surface area contributed by atoms with Gasteiger partial charge in [0.1, 0.15) is 0 Å². The van der Waals surface area contributed by atoms with Crippen molar-refractivity contribution < 1.29 is 4.79 Å². The highest BCUT2D eigenvalue weighted by molar-refractivity contribution is 8.00. The zero-order chi connectivity index (χ0) is 13.2. The van der Waals surface area contributed by atoms with Gasteiger partial charge < -0.3 is 11.1 Å². The Morgan fingerprint density at radius 2 is 2.22 bits per heavy atom. The van der Waals surface area contributed by atoms with E-state index in [2.05, 4.69) is 37.4 Å². The van der Waals surface area contributed by atoms with Gasteiger partial charge >= 0.3 is 0 Å². The number of thioether (sulfide) groups is 1. The summed E-state index contributed by atoms with van der Waals surface area (Å²) < 4.78 is 0. The molecule has 0 spiro atoms. The first kappa shape index (κ1) is 13.4. The van der Waals surface area contributed by atoms with Gasteiger partial charge in [-0.3, -0.25) is 4.79 Å². The number of aryl methyl sites for hydroxylation is 1. The summed E-state index contributed by atoms with van der Waals surface area (Å²) in [6, 6.07) is 6.33. The van der Waals surface area contributed by atoms with Gasteiger partial charge in [-0.05, 0) is 50.8 Å².